The molecule has 1 aliphatic rings. The first kappa shape index (κ1) is 14.5. The second kappa shape index (κ2) is 7.04. The average Bonchev–Trinajstić information content (AvgIpc) is 2.42. The Labute approximate surface area is 116 Å². The van der Waals surface area contributed by atoms with Crippen LogP contribution in [0, 0.1) is 5.41 Å². The Hall–Kier alpha value is -0.900. The second-order valence-corrected chi connectivity index (χ2v) is 5.78. The van der Waals surface area contributed by atoms with Crippen LogP contribution in [-0.4, -0.2) is 26.9 Å². The fraction of sp³-hybridized carbons (Fsp3) is 0.625. The lowest BCUT2D eigenvalue weighted by Gasteiger charge is -2.33. The molecule has 0 bridgehead atoms. The van der Waals surface area contributed by atoms with Gasteiger partial charge in [-0.2, -0.15) is 0 Å². The molecule has 106 valence electrons. The summed E-state index contributed by atoms with van der Waals surface area (Å²) in [5.41, 5.74) is 2.95. The van der Waals surface area contributed by atoms with E-state index in [1.165, 1.54) is 11.1 Å². The molecule has 19 heavy (non-hydrogen) atoms. The standard InChI is InChI=1S/C16H25NO2/c1-16(7-9-19-10-8-16)13-17-11-14-3-5-15(6-4-14)12-18-2/h3-6,17H,7-13H2,1-2H3. The zero-order chi connectivity index (χ0) is 13.6. The van der Waals surface area contributed by atoms with Crippen LogP contribution in [0.1, 0.15) is 30.9 Å². The maximum absolute atomic E-state index is 5.43. The first-order chi connectivity index (χ1) is 9.22. The Bertz CT molecular complexity index is 369. The van der Waals surface area contributed by atoms with Gasteiger partial charge in [0.2, 0.25) is 0 Å². The highest BCUT2D eigenvalue weighted by Crippen LogP contribution is 2.28. The lowest BCUT2D eigenvalue weighted by atomic mass is 9.82. The largest absolute Gasteiger partial charge is 0.381 e. The minimum Gasteiger partial charge on any atom is -0.381 e. The van der Waals surface area contributed by atoms with Crippen LogP contribution in [0.2, 0.25) is 0 Å². The van der Waals surface area contributed by atoms with Gasteiger partial charge in [0.05, 0.1) is 6.61 Å². The molecule has 0 saturated carbocycles. The molecule has 0 radical (unpaired) electrons. The first-order valence-electron chi connectivity index (χ1n) is 7.07. The summed E-state index contributed by atoms with van der Waals surface area (Å²) in [5.74, 6) is 0. The van der Waals surface area contributed by atoms with Crippen molar-refractivity contribution in [3.8, 4) is 0 Å². The van der Waals surface area contributed by atoms with E-state index in [0.717, 1.165) is 39.1 Å². The van der Waals surface area contributed by atoms with Gasteiger partial charge >= 0.3 is 0 Å². The van der Waals surface area contributed by atoms with Gasteiger partial charge in [0.1, 0.15) is 0 Å². The van der Waals surface area contributed by atoms with Crippen molar-refractivity contribution in [1.29, 1.82) is 0 Å². The van der Waals surface area contributed by atoms with Crippen LogP contribution in [0.5, 0.6) is 0 Å². The molecule has 0 aliphatic carbocycles. The Morgan fingerprint density at radius 3 is 2.42 bits per heavy atom. The Kier molecular flexibility index (Phi) is 5.37. The maximum atomic E-state index is 5.43. The van der Waals surface area contributed by atoms with Gasteiger partial charge in [-0.1, -0.05) is 31.2 Å². The van der Waals surface area contributed by atoms with Crippen molar-refractivity contribution in [1.82, 2.24) is 5.32 Å². The molecule has 2 rings (SSSR count). The third-order valence-electron chi connectivity index (χ3n) is 3.91. The SMILES string of the molecule is COCc1ccc(CNCC2(C)CCOCC2)cc1. The van der Waals surface area contributed by atoms with Crippen LogP contribution < -0.4 is 5.32 Å². The Morgan fingerprint density at radius 2 is 1.79 bits per heavy atom. The lowest BCUT2D eigenvalue weighted by molar-refractivity contribution is 0.0240. The van der Waals surface area contributed by atoms with Crippen LogP contribution >= 0.6 is 0 Å². The summed E-state index contributed by atoms with van der Waals surface area (Å²) >= 11 is 0. The van der Waals surface area contributed by atoms with Crippen LogP contribution in [0.4, 0.5) is 0 Å². The van der Waals surface area contributed by atoms with Gasteiger partial charge in [0, 0.05) is 33.4 Å². The molecule has 3 heteroatoms. The number of ether oxygens (including phenoxy) is 2. The fourth-order valence-electron chi connectivity index (χ4n) is 2.47. The predicted octanol–water partition coefficient (Wildman–Crippen LogP) is 2.74. The molecule has 1 N–H and O–H groups in total. The quantitative estimate of drug-likeness (QED) is 0.856. The summed E-state index contributed by atoms with van der Waals surface area (Å²) in [4.78, 5) is 0. The summed E-state index contributed by atoms with van der Waals surface area (Å²) < 4.78 is 10.5. The Balaban J connectivity index is 1.75. The molecular weight excluding hydrogens is 238 g/mol. The number of hydrogen-bond acceptors (Lipinski definition) is 3. The van der Waals surface area contributed by atoms with Crippen LogP contribution in [0.15, 0.2) is 24.3 Å². The second-order valence-electron chi connectivity index (χ2n) is 5.78. The van der Waals surface area contributed by atoms with Crippen molar-refractivity contribution >= 4 is 0 Å². The molecule has 1 aromatic rings. The van der Waals surface area contributed by atoms with E-state index in [9.17, 15) is 0 Å². The van der Waals surface area contributed by atoms with Crippen LogP contribution in [0.25, 0.3) is 0 Å². The fourth-order valence-corrected chi connectivity index (χ4v) is 2.47. The van der Waals surface area contributed by atoms with E-state index in [1.807, 2.05) is 0 Å². The van der Waals surface area contributed by atoms with Crippen molar-refractivity contribution in [2.75, 3.05) is 26.9 Å². The maximum Gasteiger partial charge on any atom is 0.0713 e. The molecule has 0 spiro atoms. The minimum atomic E-state index is 0.397. The molecule has 0 aromatic heterocycles. The van der Waals surface area contributed by atoms with Gasteiger partial charge in [0.15, 0.2) is 0 Å². The highest BCUT2D eigenvalue weighted by molar-refractivity contribution is 5.21. The topological polar surface area (TPSA) is 30.5 Å². The molecule has 1 saturated heterocycles. The summed E-state index contributed by atoms with van der Waals surface area (Å²) in [6.07, 6.45) is 2.32. The zero-order valence-electron chi connectivity index (χ0n) is 12.1. The molecule has 0 unspecified atom stereocenters. The van der Waals surface area contributed by atoms with Crippen molar-refractivity contribution in [3.63, 3.8) is 0 Å². The van der Waals surface area contributed by atoms with E-state index in [0.29, 0.717) is 12.0 Å². The summed E-state index contributed by atoms with van der Waals surface area (Å²) in [6.45, 7) is 6.85. The molecule has 1 aromatic carbocycles. The normalized spacial score (nSPS) is 18.4. The third kappa shape index (κ3) is 4.60. The highest BCUT2D eigenvalue weighted by Gasteiger charge is 2.26. The van der Waals surface area contributed by atoms with E-state index < -0.39 is 0 Å². The minimum absolute atomic E-state index is 0.397. The average molecular weight is 263 g/mol. The smallest absolute Gasteiger partial charge is 0.0713 e. The van der Waals surface area contributed by atoms with E-state index in [4.69, 9.17) is 9.47 Å². The summed E-state index contributed by atoms with van der Waals surface area (Å²) in [6, 6.07) is 8.62. The molecule has 1 aliphatic heterocycles. The van der Waals surface area contributed by atoms with Crippen LogP contribution in [0.3, 0.4) is 0 Å². The van der Waals surface area contributed by atoms with Crippen molar-refractivity contribution in [2.45, 2.75) is 32.9 Å². The van der Waals surface area contributed by atoms with Gasteiger partial charge in [-0.3, -0.25) is 0 Å². The molecule has 0 atom stereocenters. The van der Waals surface area contributed by atoms with Crippen molar-refractivity contribution < 1.29 is 9.47 Å². The van der Waals surface area contributed by atoms with E-state index >= 15 is 0 Å². The van der Waals surface area contributed by atoms with Gasteiger partial charge in [-0.05, 0) is 29.4 Å². The number of hydrogen-bond donors (Lipinski definition) is 1. The monoisotopic (exact) mass is 263 g/mol. The Morgan fingerprint density at radius 1 is 1.16 bits per heavy atom. The number of nitrogens with one attached hydrogen (secondary N) is 1. The first-order valence-corrected chi connectivity index (χ1v) is 7.07. The van der Waals surface area contributed by atoms with Gasteiger partial charge < -0.3 is 14.8 Å². The van der Waals surface area contributed by atoms with Gasteiger partial charge in [-0.15, -0.1) is 0 Å². The molecule has 3 nitrogen and oxygen atoms in total. The molecule has 0 amide bonds. The highest BCUT2D eigenvalue weighted by atomic mass is 16.5. The van der Waals surface area contributed by atoms with Gasteiger partial charge in [0.25, 0.3) is 0 Å². The summed E-state index contributed by atoms with van der Waals surface area (Å²) in [7, 11) is 1.73. The van der Waals surface area contributed by atoms with E-state index in [-0.39, 0.29) is 0 Å². The summed E-state index contributed by atoms with van der Waals surface area (Å²) in [5, 5.41) is 3.58. The number of rotatable bonds is 6. The predicted molar refractivity (Wildman–Crippen MR) is 77.0 cm³/mol. The van der Waals surface area contributed by atoms with E-state index in [2.05, 4.69) is 36.5 Å². The number of methoxy groups -OCH3 is 1. The molecular formula is C16H25NO2. The van der Waals surface area contributed by atoms with E-state index in [1.54, 1.807) is 7.11 Å². The number of benzene rings is 1. The van der Waals surface area contributed by atoms with Crippen LogP contribution in [-0.2, 0) is 22.6 Å². The lowest BCUT2D eigenvalue weighted by Crippen LogP contribution is -2.36. The van der Waals surface area contributed by atoms with Crippen molar-refractivity contribution in [3.05, 3.63) is 35.4 Å². The van der Waals surface area contributed by atoms with Crippen molar-refractivity contribution in [2.24, 2.45) is 5.41 Å². The molecule has 1 fully saturated rings. The third-order valence-corrected chi connectivity index (χ3v) is 3.91. The van der Waals surface area contributed by atoms with Gasteiger partial charge in [-0.25, -0.2) is 0 Å². The molecule has 1 heterocycles. The zero-order valence-corrected chi connectivity index (χ0v) is 12.1.